The van der Waals surface area contributed by atoms with Crippen LogP contribution in [-0.2, 0) is 9.59 Å². The zero-order valence-electron chi connectivity index (χ0n) is 15.3. The summed E-state index contributed by atoms with van der Waals surface area (Å²) in [7, 11) is 1.62. The van der Waals surface area contributed by atoms with E-state index in [4.69, 9.17) is 4.98 Å². The van der Waals surface area contributed by atoms with Gasteiger partial charge in [0.25, 0.3) is 0 Å². The minimum atomic E-state index is -0.232. The molecule has 2 amide bonds. The number of rotatable bonds is 4. The van der Waals surface area contributed by atoms with Gasteiger partial charge in [0.2, 0.25) is 11.8 Å². The molecule has 1 unspecified atom stereocenters. The molecule has 2 aliphatic heterocycles. The average molecular weight is 356 g/mol. The maximum Gasteiger partial charge on any atom is 0.225 e. The molecule has 0 bridgehead atoms. The predicted octanol–water partition coefficient (Wildman–Crippen LogP) is 0.864. The Labute approximate surface area is 152 Å². The predicted molar refractivity (Wildman–Crippen MR) is 97.9 cm³/mol. The molecule has 138 valence electrons. The Morgan fingerprint density at radius 3 is 2.77 bits per heavy atom. The van der Waals surface area contributed by atoms with Crippen LogP contribution in [0.4, 0.5) is 5.82 Å². The van der Waals surface area contributed by atoms with Crippen LogP contribution in [0.15, 0.2) is 12.3 Å². The maximum atomic E-state index is 12.3. The number of nitrogens with one attached hydrogen (secondary N) is 2. The van der Waals surface area contributed by atoms with Crippen molar-refractivity contribution in [1.82, 2.24) is 25.2 Å². The van der Waals surface area contributed by atoms with Crippen molar-refractivity contribution in [2.75, 3.05) is 31.6 Å². The van der Waals surface area contributed by atoms with E-state index in [9.17, 15) is 9.59 Å². The van der Waals surface area contributed by atoms with E-state index in [1.54, 1.807) is 7.05 Å². The molecule has 2 N–H and O–H groups in total. The molecule has 4 heterocycles. The van der Waals surface area contributed by atoms with Crippen molar-refractivity contribution >= 4 is 28.7 Å². The summed E-state index contributed by atoms with van der Waals surface area (Å²) in [6.07, 6.45) is 2.19. The molecule has 2 aromatic heterocycles. The number of nitrogens with zero attached hydrogens (tertiary/aromatic N) is 4. The van der Waals surface area contributed by atoms with Crippen LogP contribution in [-0.4, -0.2) is 64.4 Å². The summed E-state index contributed by atoms with van der Waals surface area (Å²) in [5, 5.41) is 3.65. The number of aromatic nitrogens is 3. The number of likely N-dealkylation sites (tertiary alicyclic amines) is 1. The Morgan fingerprint density at radius 1 is 1.31 bits per heavy atom. The molecular formula is C18H24N6O2. The second-order valence-corrected chi connectivity index (χ2v) is 7.42. The maximum absolute atomic E-state index is 12.3. The van der Waals surface area contributed by atoms with Crippen molar-refractivity contribution in [2.24, 2.45) is 5.92 Å². The second kappa shape index (κ2) is 6.26. The molecular weight excluding hydrogens is 332 g/mol. The Bertz CT molecular complexity index is 854. The van der Waals surface area contributed by atoms with Gasteiger partial charge in [-0.25, -0.2) is 9.97 Å². The van der Waals surface area contributed by atoms with Gasteiger partial charge < -0.3 is 20.1 Å². The van der Waals surface area contributed by atoms with E-state index in [1.165, 1.54) is 0 Å². The third kappa shape index (κ3) is 2.69. The number of hydrogen-bond acceptors (Lipinski definition) is 5. The van der Waals surface area contributed by atoms with Crippen molar-refractivity contribution < 1.29 is 9.59 Å². The summed E-state index contributed by atoms with van der Waals surface area (Å²) < 4.78 is 0. The Balaban J connectivity index is 1.50. The van der Waals surface area contributed by atoms with E-state index < -0.39 is 0 Å². The number of carbonyl (C=O) groups is 2. The molecule has 0 aromatic carbocycles. The Morgan fingerprint density at radius 2 is 2.08 bits per heavy atom. The summed E-state index contributed by atoms with van der Waals surface area (Å²) in [5.74, 6) is 1.77. The molecule has 4 rings (SSSR count). The first kappa shape index (κ1) is 16.8. The van der Waals surface area contributed by atoms with Crippen molar-refractivity contribution in [3.8, 4) is 0 Å². The molecule has 0 radical (unpaired) electrons. The molecule has 2 aromatic rings. The largest absolute Gasteiger partial charge is 0.359 e. The molecule has 2 saturated heterocycles. The first-order valence-electron chi connectivity index (χ1n) is 9.09. The van der Waals surface area contributed by atoms with Gasteiger partial charge in [0.05, 0.1) is 17.3 Å². The average Bonchev–Trinajstić information content (AvgIpc) is 3.19. The van der Waals surface area contributed by atoms with Gasteiger partial charge >= 0.3 is 0 Å². The minimum absolute atomic E-state index is 0.0524. The van der Waals surface area contributed by atoms with Gasteiger partial charge in [-0.15, -0.1) is 0 Å². The van der Waals surface area contributed by atoms with E-state index in [0.717, 1.165) is 35.8 Å². The Hall–Kier alpha value is -2.64. The third-order valence-electron chi connectivity index (χ3n) is 5.31. The van der Waals surface area contributed by atoms with Gasteiger partial charge in [-0.2, -0.15) is 0 Å². The lowest BCUT2D eigenvalue weighted by molar-refractivity contribution is -0.130. The SMILES string of the molecule is CNC(=O)C1CC(=O)N(C2CN(c3nc(C(C)C)nc4[nH]ccc34)C2)C1. The molecule has 0 aliphatic carbocycles. The van der Waals surface area contributed by atoms with Crippen LogP contribution >= 0.6 is 0 Å². The third-order valence-corrected chi connectivity index (χ3v) is 5.31. The minimum Gasteiger partial charge on any atom is -0.359 e. The highest BCUT2D eigenvalue weighted by Crippen LogP contribution is 2.32. The van der Waals surface area contributed by atoms with Crippen LogP contribution in [0, 0.1) is 5.92 Å². The van der Waals surface area contributed by atoms with Crippen LogP contribution < -0.4 is 10.2 Å². The zero-order chi connectivity index (χ0) is 18.4. The van der Waals surface area contributed by atoms with Crippen molar-refractivity contribution in [2.45, 2.75) is 32.2 Å². The zero-order valence-corrected chi connectivity index (χ0v) is 15.3. The molecule has 8 nitrogen and oxygen atoms in total. The summed E-state index contributed by atoms with van der Waals surface area (Å²) in [5.41, 5.74) is 0.846. The van der Waals surface area contributed by atoms with Gasteiger partial charge in [-0.3, -0.25) is 9.59 Å². The van der Waals surface area contributed by atoms with Crippen LogP contribution in [0.2, 0.25) is 0 Å². The summed E-state index contributed by atoms with van der Waals surface area (Å²) >= 11 is 0. The van der Waals surface area contributed by atoms with E-state index >= 15 is 0 Å². The first-order valence-corrected chi connectivity index (χ1v) is 9.09. The number of H-pyrrole nitrogens is 1. The second-order valence-electron chi connectivity index (χ2n) is 7.42. The van der Waals surface area contributed by atoms with Crippen LogP contribution in [0.3, 0.4) is 0 Å². The lowest BCUT2D eigenvalue weighted by atomic mass is 10.1. The fourth-order valence-electron chi connectivity index (χ4n) is 3.73. The topological polar surface area (TPSA) is 94.2 Å². The monoisotopic (exact) mass is 356 g/mol. The molecule has 2 fully saturated rings. The number of fused-ring (bicyclic) bond motifs is 1. The fourth-order valence-corrected chi connectivity index (χ4v) is 3.73. The fraction of sp³-hybridized carbons (Fsp3) is 0.556. The van der Waals surface area contributed by atoms with Gasteiger partial charge in [-0.1, -0.05) is 13.8 Å². The molecule has 1 atom stereocenters. The lowest BCUT2D eigenvalue weighted by Crippen LogP contribution is -2.60. The number of amides is 2. The highest BCUT2D eigenvalue weighted by atomic mass is 16.2. The first-order chi connectivity index (χ1) is 12.5. The van der Waals surface area contributed by atoms with E-state index in [-0.39, 0.29) is 29.7 Å². The quantitative estimate of drug-likeness (QED) is 0.848. The van der Waals surface area contributed by atoms with Gasteiger partial charge in [0.1, 0.15) is 17.3 Å². The van der Waals surface area contributed by atoms with E-state index in [1.807, 2.05) is 17.2 Å². The number of anilines is 1. The smallest absolute Gasteiger partial charge is 0.225 e. The molecule has 8 heteroatoms. The van der Waals surface area contributed by atoms with Gasteiger partial charge in [0.15, 0.2) is 0 Å². The lowest BCUT2D eigenvalue weighted by Gasteiger charge is -2.45. The van der Waals surface area contributed by atoms with Crippen LogP contribution in [0.1, 0.15) is 32.0 Å². The highest BCUT2D eigenvalue weighted by Gasteiger charge is 2.42. The summed E-state index contributed by atoms with van der Waals surface area (Å²) in [4.78, 5) is 40.7. The summed E-state index contributed by atoms with van der Waals surface area (Å²) in [6.45, 7) is 6.14. The number of aromatic amines is 1. The highest BCUT2D eigenvalue weighted by molar-refractivity contribution is 5.90. The van der Waals surface area contributed by atoms with Crippen molar-refractivity contribution in [1.29, 1.82) is 0 Å². The standard InChI is InChI=1S/C18H24N6O2/c1-10(2)15-21-16-13(4-5-20-16)17(22-15)23-8-12(9-23)24-7-11(6-14(24)25)18(26)19-3/h4-5,10-12H,6-9H2,1-3H3,(H,19,26)(H,20,21,22). The van der Waals surface area contributed by atoms with E-state index in [2.05, 4.69) is 34.0 Å². The molecule has 2 aliphatic rings. The normalized spacial score (nSPS) is 20.9. The van der Waals surface area contributed by atoms with Crippen molar-refractivity contribution in [3.63, 3.8) is 0 Å². The van der Waals surface area contributed by atoms with Gasteiger partial charge in [0, 0.05) is 45.2 Å². The summed E-state index contributed by atoms with van der Waals surface area (Å²) in [6, 6.07) is 2.13. The Kier molecular flexibility index (Phi) is 4.05. The van der Waals surface area contributed by atoms with Gasteiger partial charge in [-0.05, 0) is 6.07 Å². The van der Waals surface area contributed by atoms with Crippen LogP contribution in [0.5, 0.6) is 0 Å². The van der Waals surface area contributed by atoms with E-state index in [0.29, 0.717) is 13.0 Å². The number of hydrogen-bond donors (Lipinski definition) is 2. The van der Waals surface area contributed by atoms with Crippen LogP contribution in [0.25, 0.3) is 11.0 Å². The number of carbonyl (C=O) groups excluding carboxylic acids is 2. The molecule has 26 heavy (non-hydrogen) atoms. The van der Waals surface area contributed by atoms with Crippen molar-refractivity contribution in [3.05, 3.63) is 18.1 Å². The molecule has 0 saturated carbocycles. The molecule has 0 spiro atoms.